The summed E-state index contributed by atoms with van der Waals surface area (Å²) < 4.78 is 7.46. The first-order valence-electron chi connectivity index (χ1n) is 6.29. The standard InChI is InChI=1S/C17H10BrIO2/c18-13-5-3-12(4-6-13)16-10-15(21-17(16)20)9-11-1-7-14(19)8-2-11/h1-10H/b15-9-. The fraction of sp³-hybridized carbons (Fsp3) is 0. The molecule has 0 bridgehead atoms. The molecular weight excluding hydrogens is 443 g/mol. The summed E-state index contributed by atoms with van der Waals surface area (Å²) in [5.74, 6) is 0.258. The maximum atomic E-state index is 12.0. The van der Waals surface area contributed by atoms with Gasteiger partial charge in [0.25, 0.3) is 0 Å². The van der Waals surface area contributed by atoms with Gasteiger partial charge in [0.2, 0.25) is 0 Å². The lowest BCUT2D eigenvalue weighted by Gasteiger charge is -1.99. The van der Waals surface area contributed by atoms with E-state index >= 15 is 0 Å². The Morgan fingerprint density at radius 3 is 2.33 bits per heavy atom. The second-order valence-corrected chi connectivity index (χ2v) is 6.71. The quantitative estimate of drug-likeness (QED) is 0.471. The maximum Gasteiger partial charge on any atom is 0.344 e. The Morgan fingerprint density at radius 2 is 1.67 bits per heavy atom. The van der Waals surface area contributed by atoms with Crippen molar-refractivity contribution in [2.24, 2.45) is 0 Å². The zero-order valence-corrected chi connectivity index (χ0v) is 14.6. The van der Waals surface area contributed by atoms with Crippen molar-refractivity contribution in [2.75, 3.05) is 0 Å². The monoisotopic (exact) mass is 452 g/mol. The minimum atomic E-state index is -0.311. The van der Waals surface area contributed by atoms with Crippen LogP contribution in [0.15, 0.2) is 64.8 Å². The summed E-state index contributed by atoms with van der Waals surface area (Å²) >= 11 is 5.64. The van der Waals surface area contributed by atoms with Crippen LogP contribution in [0.2, 0.25) is 0 Å². The van der Waals surface area contributed by atoms with Gasteiger partial charge in [0.15, 0.2) is 0 Å². The number of ether oxygens (including phenoxy) is 1. The van der Waals surface area contributed by atoms with E-state index < -0.39 is 0 Å². The minimum absolute atomic E-state index is 0.311. The molecule has 104 valence electrons. The van der Waals surface area contributed by atoms with Crippen molar-refractivity contribution in [2.45, 2.75) is 0 Å². The molecule has 0 spiro atoms. The van der Waals surface area contributed by atoms with Gasteiger partial charge in [0, 0.05) is 8.04 Å². The van der Waals surface area contributed by atoms with Crippen molar-refractivity contribution in [3.05, 3.63) is 79.5 Å². The predicted molar refractivity (Wildman–Crippen MR) is 95.3 cm³/mol. The smallest absolute Gasteiger partial charge is 0.344 e. The van der Waals surface area contributed by atoms with Crippen molar-refractivity contribution in [1.82, 2.24) is 0 Å². The first-order chi connectivity index (χ1) is 10.1. The Balaban J connectivity index is 1.91. The average Bonchev–Trinajstić information content (AvgIpc) is 2.83. The Hall–Kier alpha value is -1.40. The molecule has 0 aromatic heterocycles. The topological polar surface area (TPSA) is 26.3 Å². The van der Waals surface area contributed by atoms with Gasteiger partial charge in [0.05, 0.1) is 5.57 Å². The number of esters is 1. The Labute approximate surface area is 144 Å². The van der Waals surface area contributed by atoms with Crippen molar-refractivity contribution in [1.29, 1.82) is 0 Å². The number of benzene rings is 2. The highest BCUT2D eigenvalue weighted by atomic mass is 127. The molecule has 1 aliphatic heterocycles. The zero-order chi connectivity index (χ0) is 14.8. The number of carbonyl (C=O) groups excluding carboxylic acids is 1. The lowest BCUT2D eigenvalue weighted by molar-refractivity contribution is -0.131. The van der Waals surface area contributed by atoms with Gasteiger partial charge in [-0.05, 0) is 70.1 Å². The molecule has 0 amide bonds. The van der Waals surface area contributed by atoms with E-state index in [4.69, 9.17) is 4.74 Å². The minimum Gasteiger partial charge on any atom is -0.423 e. The summed E-state index contributed by atoms with van der Waals surface area (Å²) in [6.45, 7) is 0. The Morgan fingerprint density at radius 1 is 1.00 bits per heavy atom. The lowest BCUT2D eigenvalue weighted by Crippen LogP contribution is -1.97. The number of cyclic esters (lactones) is 1. The molecule has 4 heteroatoms. The molecule has 0 N–H and O–H groups in total. The van der Waals surface area contributed by atoms with Crippen molar-refractivity contribution in [3.63, 3.8) is 0 Å². The highest BCUT2D eigenvalue weighted by Crippen LogP contribution is 2.28. The van der Waals surface area contributed by atoms with Gasteiger partial charge in [0.1, 0.15) is 5.76 Å². The van der Waals surface area contributed by atoms with Crippen LogP contribution in [0, 0.1) is 3.57 Å². The molecular formula is C17H10BrIO2. The third-order valence-corrected chi connectivity index (χ3v) is 4.30. The van der Waals surface area contributed by atoms with Crippen LogP contribution in [0.1, 0.15) is 11.1 Å². The molecule has 2 aromatic rings. The van der Waals surface area contributed by atoms with E-state index in [1.165, 1.54) is 3.57 Å². The van der Waals surface area contributed by atoms with Gasteiger partial charge in [-0.25, -0.2) is 4.79 Å². The molecule has 0 atom stereocenters. The van der Waals surface area contributed by atoms with Crippen LogP contribution in [0.25, 0.3) is 11.6 Å². The fourth-order valence-electron chi connectivity index (χ4n) is 2.02. The van der Waals surface area contributed by atoms with Crippen LogP contribution < -0.4 is 0 Å². The molecule has 2 aromatic carbocycles. The largest absolute Gasteiger partial charge is 0.423 e. The maximum absolute atomic E-state index is 12.0. The van der Waals surface area contributed by atoms with E-state index in [-0.39, 0.29) is 5.97 Å². The molecule has 0 unspecified atom stereocenters. The molecule has 0 aliphatic carbocycles. The third kappa shape index (κ3) is 3.44. The summed E-state index contributed by atoms with van der Waals surface area (Å²) in [6.07, 6.45) is 3.64. The fourth-order valence-corrected chi connectivity index (χ4v) is 2.64. The van der Waals surface area contributed by atoms with Crippen LogP contribution >= 0.6 is 38.5 Å². The number of hydrogen-bond acceptors (Lipinski definition) is 2. The summed E-state index contributed by atoms with van der Waals surface area (Å²) in [7, 11) is 0. The van der Waals surface area contributed by atoms with E-state index in [0.717, 1.165) is 15.6 Å². The van der Waals surface area contributed by atoms with E-state index in [2.05, 4.69) is 38.5 Å². The van der Waals surface area contributed by atoms with Gasteiger partial charge in [-0.3, -0.25) is 0 Å². The molecule has 2 nitrogen and oxygen atoms in total. The molecule has 0 saturated carbocycles. The van der Waals surface area contributed by atoms with Gasteiger partial charge < -0.3 is 4.74 Å². The van der Waals surface area contributed by atoms with E-state index in [1.54, 1.807) is 6.08 Å². The summed E-state index contributed by atoms with van der Waals surface area (Å²) in [4.78, 5) is 12.0. The van der Waals surface area contributed by atoms with Gasteiger partial charge in [-0.2, -0.15) is 0 Å². The molecule has 1 aliphatic rings. The predicted octanol–water partition coefficient (Wildman–Crippen LogP) is 5.04. The highest BCUT2D eigenvalue weighted by molar-refractivity contribution is 14.1. The Kier molecular flexibility index (Phi) is 4.26. The van der Waals surface area contributed by atoms with Gasteiger partial charge in [-0.15, -0.1) is 0 Å². The van der Waals surface area contributed by atoms with Crippen LogP contribution in [0.4, 0.5) is 0 Å². The van der Waals surface area contributed by atoms with E-state index in [9.17, 15) is 4.79 Å². The number of halogens is 2. The van der Waals surface area contributed by atoms with Crippen molar-refractivity contribution >= 4 is 56.1 Å². The number of carbonyl (C=O) groups is 1. The van der Waals surface area contributed by atoms with Crippen LogP contribution in [0.5, 0.6) is 0 Å². The summed E-state index contributed by atoms with van der Waals surface area (Å²) in [5.41, 5.74) is 2.44. The molecule has 0 fully saturated rings. The number of hydrogen-bond donors (Lipinski definition) is 0. The third-order valence-electron chi connectivity index (χ3n) is 3.05. The van der Waals surface area contributed by atoms with Crippen LogP contribution in [-0.2, 0) is 9.53 Å². The SMILES string of the molecule is O=C1O/C(=C\c2ccc(I)cc2)C=C1c1ccc(Br)cc1. The van der Waals surface area contributed by atoms with Crippen LogP contribution in [-0.4, -0.2) is 5.97 Å². The molecule has 0 radical (unpaired) electrons. The first kappa shape index (κ1) is 14.5. The highest BCUT2D eigenvalue weighted by Gasteiger charge is 2.22. The Bertz CT molecular complexity index is 743. The normalized spacial score (nSPS) is 16.0. The molecule has 3 rings (SSSR count). The summed E-state index contributed by atoms with van der Waals surface area (Å²) in [6, 6.07) is 15.6. The number of allylic oxidation sites excluding steroid dienone is 1. The van der Waals surface area contributed by atoms with Gasteiger partial charge in [-0.1, -0.05) is 40.2 Å². The molecule has 21 heavy (non-hydrogen) atoms. The second kappa shape index (κ2) is 6.15. The lowest BCUT2D eigenvalue weighted by atomic mass is 10.1. The second-order valence-electron chi connectivity index (χ2n) is 4.55. The molecule has 1 heterocycles. The van der Waals surface area contributed by atoms with E-state index in [0.29, 0.717) is 11.3 Å². The molecule has 0 saturated heterocycles. The summed E-state index contributed by atoms with van der Waals surface area (Å²) in [5, 5.41) is 0. The zero-order valence-electron chi connectivity index (χ0n) is 10.8. The van der Waals surface area contributed by atoms with E-state index in [1.807, 2.05) is 54.6 Å². The van der Waals surface area contributed by atoms with Crippen LogP contribution in [0.3, 0.4) is 0 Å². The first-order valence-corrected chi connectivity index (χ1v) is 8.16. The van der Waals surface area contributed by atoms with Crippen molar-refractivity contribution < 1.29 is 9.53 Å². The number of rotatable bonds is 2. The van der Waals surface area contributed by atoms with Gasteiger partial charge >= 0.3 is 5.97 Å². The van der Waals surface area contributed by atoms with Crippen molar-refractivity contribution in [3.8, 4) is 0 Å². The average molecular weight is 453 g/mol.